The van der Waals surface area contributed by atoms with E-state index in [0.717, 1.165) is 59.8 Å². The molecule has 0 spiro atoms. The van der Waals surface area contributed by atoms with Crippen LogP contribution >= 0.6 is 0 Å². The van der Waals surface area contributed by atoms with Crippen LogP contribution < -0.4 is 4.90 Å². The second-order valence-corrected chi connectivity index (χ2v) is 13.3. The first-order valence-electron chi connectivity index (χ1n) is 14.8. The van der Waals surface area contributed by atoms with Crippen LogP contribution in [0.4, 0.5) is 10.2 Å². The molecule has 0 aliphatic carbocycles. The highest BCUT2D eigenvalue weighted by Crippen LogP contribution is 2.35. The Morgan fingerprint density at radius 3 is 2.33 bits per heavy atom. The van der Waals surface area contributed by atoms with E-state index in [0.29, 0.717) is 23.1 Å². The Bertz CT molecular complexity index is 2100. The van der Waals surface area contributed by atoms with Crippen LogP contribution in [0.5, 0.6) is 0 Å². The lowest BCUT2D eigenvalue weighted by Crippen LogP contribution is -2.44. The molecular weight excluding hydrogens is 589 g/mol. The summed E-state index contributed by atoms with van der Waals surface area (Å²) in [5.74, 6) is 0.622. The number of halogens is 1. The van der Waals surface area contributed by atoms with Crippen molar-refractivity contribution in [1.82, 2.24) is 28.6 Å². The molecule has 1 aliphatic rings. The maximum absolute atomic E-state index is 13.9. The van der Waals surface area contributed by atoms with Crippen molar-refractivity contribution in [1.29, 1.82) is 0 Å². The molecule has 0 atom stereocenters. The maximum Gasteiger partial charge on any atom is 0.269 e. The normalized spacial score (nSPS) is 14.3. The van der Waals surface area contributed by atoms with Gasteiger partial charge in [0, 0.05) is 78.6 Å². The SMILES string of the molecule is Cc1ccc(S(=O)(=O)n2cc(-c3cnn(Cc4cccc(F)c4)c3)c3cc(-c4ccc(N5CCN(C)CC5)nc4)cnc32)cc1. The zero-order valence-corrected chi connectivity index (χ0v) is 25.8. The van der Waals surface area contributed by atoms with Gasteiger partial charge in [0.05, 0.1) is 17.6 Å². The second-order valence-electron chi connectivity index (χ2n) is 11.5. The van der Waals surface area contributed by atoms with Crippen molar-refractivity contribution in [2.45, 2.75) is 18.4 Å². The molecule has 0 unspecified atom stereocenters. The molecule has 11 heteroatoms. The van der Waals surface area contributed by atoms with E-state index in [1.54, 1.807) is 53.6 Å². The quantitative estimate of drug-likeness (QED) is 0.234. The molecule has 9 nitrogen and oxygen atoms in total. The van der Waals surface area contributed by atoms with Gasteiger partial charge in [0.1, 0.15) is 11.6 Å². The molecule has 5 heterocycles. The highest BCUT2D eigenvalue weighted by molar-refractivity contribution is 7.90. The molecule has 1 fully saturated rings. The highest BCUT2D eigenvalue weighted by Gasteiger charge is 2.24. The Morgan fingerprint density at radius 2 is 1.60 bits per heavy atom. The van der Waals surface area contributed by atoms with Gasteiger partial charge in [0.15, 0.2) is 5.65 Å². The number of fused-ring (bicyclic) bond motifs is 1. The Balaban J connectivity index is 1.29. The molecule has 2 aromatic carbocycles. The Hall–Kier alpha value is -4.87. The lowest BCUT2D eigenvalue weighted by molar-refractivity contribution is 0.312. The summed E-state index contributed by atoms with van der Waals surface area (Å²) in [6.07, 6.45) is 8.66. The molecule has 1 saturated heterocycles. The van der Waals surface area contributed by atoms with Crippen LogP contribution in [-0.2, 0) is 16.6 Å². The van der Waals surface area contributed by atoms with E-state index >= 15 is 0 Å². The van der Waals surface area contributed by atoms with Gasteiger partial charge >= 0.3 is 0 Å². The summed E-state index contributed by atoms with van der Waals surface area (Å²) in [5.41, 5.74) is 5.13. The van der Waals surface area contributed by atoms with Crippen LogP contribution in [0.3, 0.4) is 0 Å². The van der Waals surface area contributed by atoms with Crippen molar-refractivity contribution in [2.75, 3.05) is 38.1 Å². The Morgan fingerprint density at radius 1 is 0.822 bits per heavy atom. The first-order chi connectivity index (χ1) is 21.7. The standard InChI is InChI=1S/C34H32FN7O2S/c1-24-6-9-30(10-7-24)45(43,44)42-23-32(28-20-38-41(22-28)21-25-4-3-5-29(35)16-25)31-17-27(19-37-34(31)42)26-8-11-33(36-18-26)40-14-12-39(2)13-15-40/h3-11,16-20,22-23H,12-15,21H2,1-2H3. The van der Waals surface area contributed by atoms with Crippen molar-refractivity contribution >= 4 is 26.9 Å². The number of nitrogens with zero attached hydrogens (tertiary/aromatic N) is 7. The Kier molecular flexibility index (Phi) is 7.42. The van der Waals surface area contributed by atoms with Crippen LogP contribution in [0.2, 0.25) is 0 Å². The van der Waals surface area contributed by atoms with E-state index in [1.165, 1.54) is 16.1 Å². The van der Waals surface area contributed by atoms with Gasteiger partial charge in [-0.25, -0.2) is 26.7 Å². The molecule has 0 bridgehead atoms. The average molecular weight is 622 g/mol. The lowest BCUT2D eigenvalue weighted by atomic mass is 10.1. The van der Waals surface area contributed by atoms with E-state index < -0.39 is 10.0 Å². The highest BCUT2D eigenvalue weighted by atomic mass is 32.2. The number of hydrogen-bond donors (Lipinski definition) is 0. The molecule has 0 N–H and O–H groups in total. The largest absolute Gasteiger partial charge is 0.354 e. The molecule has 45 heavy (non-hydrogen) atoms. The summed E-state index contributed by atoms with van der Waals surface area (Å²) in [6, 6.07) is 19.2. The smallest absolute Gasteiger partial charge is 0.269 e. The van der Waals surface area contributed by atoms with Crippen LogP contribution in [0, 0.1) is 12.7 Å². The topological polar surface area (TPSA) is 89.2 Å². The van der Waals surface area contributed by atoms with Crippen LogP contribution in [0.1, 0.15) is 11.1 Å². The van der Waals surface area contributed by atoms with Gasteiger partial charge in [-0.2, -0.15) is 5.10 Å². The number of pyridine rings is 2. The van der Waals surface area contributed by atoms with Crippen molar-refractivity contribution < 1.29 is 12.8 Å². The van der Waals surface area contributed by atoms with Crippen LogP contribution in [-0.4, -0.2) is 70.3 Å². The molecule has 6 aromatic rings. The number of hydrogen-bond acceptors (Lipinski definition) is 7. The molecule has 0 saturated carbocycles. The van der Waals surface area contributed by atoms with E-state index in [2.05, 4.69) is 26.9 Å². The minimum atomic E-state index is -3.95. The third kappa shape index (κ3) is 5.72. The fourth-order valence-electron chi connectivity index (χ4n) is 5.67. The third-order valence-corrected chi connectivity index (χ3v) is 9.94. The third-order valence-electron chi connectivity index (χ3n) is 8.28. The molecule has 228 valence electrons. The lowest BCUT2D eigenvalue weighted by Gasteiger charge is -2.33. The minimum Gasteiger partial charge on any atom is -0.354 e. The van der Waals surface area contributed by atoms with Gasteiger partial charge in [-0.15, -0.1) is 0 Å². The zero-order chi connectivity index (χ0) is 31.1. The number of piperazine rings is 1. The molecule has 0 radical (unpaired) electrons. The summed E-state index contributed by atoms with van der Waals surface area (Å²) in [7, 11) is -1.83. The Labute approximate surface area is 261 Å². The number of rotatable bonds is 7. The number of anilines is 1. The van der Waals surface area contributed by atoms with Gasteiger partial charge in [-0.3, -0.25) is 4.68 Å². The van der Waals surface area contributed by atoms with Crippen LogP contribution in [0.15, 0.2) is 103 Å². The fraction of sp³-hybridized carbons (Fsp3) is 0.206. The van der Waals surface area contributed by atoms with Gasteiger partial charge in [0.25, 0.3) is 10.0 Å². The number of benzene rings is 2. The van der Waals surface area contributed by atoms with Crippen LogP contribution in [0.25, 0.3) is 33.3 Å². The van der Waals surface area contributed by atoms with E-state index in [9.17, 15) is 12.8 Å². The average Bonchev–Trinajstić information content (AvgIpc) is 3.66. The van der Waals surface area contributed by atoms with Crippen molar-refractivity contribution in [3.05, 3.63) is 115 Å². The van der Waals surface area contributed by atoms with Crippen molar-refractivity contribution in [3.63, 3.8) is 0 Å². The van der Waals surface area contributed by atoms with Gasteiger partial charge in [0.2, 0.25) is 0 Å². The second kappa shape index (κ2) is 11.6. The zero-order valence-electron chi connectivity index (χ0n) is 25.0. The number of likely N-dealkylation sites (N-methyl/N-ethyl adjacent to an activating group) is 1. The van der Waals surface area contributed by atoms with Crippen molar-refractivity contribution in [2.24, 2.45) is 0 Å². The van der Waals surface area contributed by atoms with Gasteiger partial charge in [-0.05, 0) is 62.0 Å². The maximum atomic E-state index is 13.9. The summed E-state index contributed by atoms with van der Waals surface area (Å²) in [5, 5.41) is 5.16. The predicted molar refractivity (Wildman–Crippen MR) is 173 cm³/mol. The molecule has 7 rings (SSSR count). The van der Waals surface area contributed by atoms with Gasteiger partial charge < -0.3 is 9.80 Å². The summed E-state index contributed by atoms with van der Waals surface area (Å²) in [4.78, 5) is 14.2. The monoisotopic (exact) mass is 621 g/mol. The summed E-state index contributed by atoms with van der Waals surface area (Å²) in [6.45, 7) is 6.12. The van der Waals surface area contributed by atoms with Gasteiger partial charge in [-0.1, -0.05) is 29.8 Å². The summed E-state index contributed by atoms with van der Waals surface area (Å²) < 4.78 is 44.5. The minimum absolute atomic E-state index is 0.174. The molecule has 1 aliphatic heterocycles. The number of aromatic nitrogens is 5. The predicted octanol–water partition coefficient (Wildman–Crippen LogP) is 5.45. The van der Waals surface area contributed by atoms with E-state index in [1.807, 2.05) is 43.6 Å². The first kappa shape index (κ1) is 28.9. The molecular formula is C34H32FN7O2S. The summed E-state index contributed by atoms with van der Waals surface area (Å²) >= 11 is 0. The molecule has 0 amide bonds. The fourth-order valence-corrected chi connectivity index (χ4v) is 6.99. The van der Waals surface area contributed by atoms with E-state index in [-0.39, 0.29) is 10.7 Å². The number of aryl methyl sites for hydroxylation is 1. The van der Waals surface area contributed by atoms with E-state index in [4.69, 9.17) is 4.98 Å². The molecule has 4 aromatic heterocycles. The van der Waals surface area contributed by atoms with Crippen molar-refractivity contribution in [3.8, 4) is 22.3 Å². The first-order valence-corrected chi connectivity index (χ1v) is 16.2.